The van der Waals surface area contributed by atoms with Crippen molar-refractivity contribution in [1.82, 2.24) is 10.2 Å². The average molecular weight is 326 g/mol. The van der Waals surface area contributed by atoms with Gasteiger partial charge in [0.1, 0.15) is 6.10 Å². The van der Waals surface area contributed by atoms with Gasteiger partial charge in [0.05, 0.1) is 6.10 Å². The lowest BCUT2D eigenvalue weighted by atomic mass is 9.89. The predicted molar refractivity (Wildman–Crippen MR) is 91.3 cm³/mol. The van der Waals surface area contributed by atoms with Gasteiger partial charge < -0.3 is 15.2 Å². The Labute approximate surface area is 140 Å². The zero-order valence-corrected chi connectivity index (χ0v) is 14.8. The highest BCUT2D eigenvalue weighted by atomic mass is 16.5. The lowest BCUT2D eigenvalue weighted by molar-refractivity contribution is -0.133. The molecule has 1 saturated heterocycles. The van der Waals surface area contributed by atoms with Crippen LogP contribution in [0.2, 0.25) is 0 Å². The summed E-state index contributed by atoms with van der Waals surface area (Å²) in [6, 6.07) is 0.577. The molecule has 134 valence electrons. The van der Waals surface area contributed by atoms with Crippen LogP contribution in [0.3, 0.4) is 0 Å². The van der Waals surface area contributed by atoms with Crippen LogP contribution in [0.15, 0.2) is 0 Å². The van der Waals surface area contributed by atoms with Crippen LogP contribution in [0.25, 0.3) is 0 Å². The number of carbonyl (C=O) groups is 1. The fourth-order valence-electron chi connectivity index (χ4n) is 3.69. The van der Waals surface area contributed by atoms with E-state index in [1.165, 1.54) is 6.42 Å². The summed E-state index contributed by atoms with van der Waals surface area (Å²) in [6.45, 7) is 6.54. The zero-order valence-electron chi connectivity index (χ0n) is 14.8. The molecule has 5 nitrogen and oxygen atoms in total. The SMILES string of the molecule is CCCCOC(C)C(=O)NC1CCN(C2CCCCC2O)CC1. The minimum atomic E-state index is -0.361. The van der Waals surface area contributed by atoms with E-state index >= 15 is 0 Å². The number of hydrogen-bond donors (Lipinski definition) is 2. The smallest absolute Gasteiger partial charge is 0.249 e. The molecule has 1 aliphatic heterocycles. The number of rotatable bonds is 7. The normalized spacial score (nSPS) is 28.5. The Morgan fingerprint density at radius 3 is 2.61 bits per heavy atom. The summed E-state index contributed by atoms with van der Waals surface area (Å²) in [6.07, 6.45) is 7.92. The van der Waals surface area contributed by atoms with Gasteiger partial charge in [-0.05, 0) is 39.0 Å². The van der Waals surface area contributed by atoms with Crippen molar-refractivity contribution in [3.05, 3.63) is 0 Å². The molecule has 0 aromatic heterocycles. The third-order valence-electron chi connectivity index (χ3n) is 5.27. The molecule has 0 spiro atoms. The number of unbranched alkanes of at least 4 members (excludes halogenated alkanes) is 1. The van der Waals surface area contributed by atoms with E-state index in [9.17, 15) is 9.90 Å². The number of ether oxygens (including phenoxy) is 1. The maximum Gasteiger partial charge on any atom is 0.249 e. The Bertz CT molecular complexity index is 356. The number of piperidine rings is 1. The molecular weight excluding hydrogens is 292 g/mol. The number of likely N-dealkylation sites (tertiary alicyclic amines) is 1. The highest BCUT2D eigenvalue weighted by Gasteiger charge is 2.32. The van der Waals surface area contributed by atoms with Gasteiger partial charge in [0.2, 0.25) is 5.91 Å². The minimum absolute atomic E-state index is 0.0113. The second-order valence-corrected chi connectivity index (χ2v) is 7.10. The summed E-state index contributed by atoms with van der Waals surface area (Å²) in [4.78, 5) is 14.6. The first-order valence-electron chi connectivity index (χ1n) is 9.46. The van der Waals surface area contributed by atoms with Gasteiger partial charge in [-0.3, -0.25) is 9.69 Å². The first-order chi connectivity index (χ1) is 11.1. The predicted octanol–water partition coefficient (Wildman–Crippen LogP) is 2.08. The second kappa shape index (κ2) is 9.60. The second-order valence-electron chi connectivity index (χ2n) is 7.10. The Kier molecular flexibility index (Phi) is 7.80. The third kappa shape index (κ3) is 5.73. The molecule has 0 aromatic carbocycles. The van der Waals surface area contributed by atoms with Crippen LogP contribution in [0.4, 0.5) is 0 Å². The van der Waals surface area contributed by atoms with E-state index in [1.54, 1.807) is 0 Å². The van der Waals surface area contributed by atoms with E-state index < -0.39 is 0 Å². The monoisotopic (exact) mass is 326 g/mol. The van der Waals surface area contributed by atoms with Crippen LogP contribution in [-0.2, 0) is 9.53 Å². The summed E-state index contributed by atoms with van der Waals surface area (Å²) in [5, 5.41) is 13.3. The van der Waals surface area contributed by atoms with Crippen LogP contribution >= 0.6 is 0 Å². The van der Waals surface area contributed by atoms with Crippen molar-refractivity contribution in [2.75, 3.05) is 19.7 Å². The van der Waals surface area contributed by atoms with Crippen molar-refractivity contribution >= 4 is 5.91 Å². The van der Waals surface area contributed by atoms with Gasteiger partial charge in [-0.1, -0.05) is 26.2 Å². The Morgan fingerprint density at radius 2 is 1.96 bits per heavy atom. The molecule has 2 fully saturated rings. The molecule has 1 amide bonds. The van der Waals surface area contributed by atoms with E-state index in [1.807, 2.05) is 6.92 Å². The quantitative estimate of drug-likeness (QED) is 0.703. The van der Waals surface area contributed by atoms with Gasteiger partial charge in [-0.2, -0.15) is 0 Å². The minimum Gasteiger partial charge on any atom is -0.391 e. The van der Waals surface area contributed by atoms with Crippen molar-refractivity contribution in [2.24, 2.45) is 0 Å². The molecule has 3 atom stereocenters. The summed E-state index contributed by atoms with van der Waals surface area (Å²) in [7, 11) is 0. The molecule has 2 aliphatic rings. The lowest BCUT2D eigenvalue weighted by Gasteiger charge is -2.41. The Morgan fingerprint density at radius 1 is 1.26 bits per heavy atom. The van der Waals surface area contributed by atoms with Crippen LogP contribution in [-0.4, -0.2) is 59.9 Å². The maximum absolute atomic E-state index is 12.2. The summed E-state index contributed by atoms with van der Waals surface area (Å²) >= 11 is 0. The van der Waals surface area contributed by atoms with Gasteiger partial charge >= 0.3 is 0 Å². The highest BCUT2D eigenvalue weighted by molar-refractivity contribution is 5.80. The highest BCUT2D eigenvalue weighted by Crippen LogP contribution is 2.25. The largest absolute Gasteiger partial charge is 0.391 e. The van der Waals surface area contributed by atoms with Crippen LogP contribution in [0.5, 0.6) is 0 Å². The van der Waals surface area contributed by atoms with Crippen LogP contribution in [0.1, 0.15) is 65.2 Å². The molecule has 0 radical (unpaired) electrons. The molecule has 2 N–H and O–H groups in total. The van der Waals surface area contributed by atoms with Crippen LogP contribution in [0, 0.1) is 0 Å². The maximum atomic E-state index is 12.2. The number of aliphatic hydroxyl groups excluding tert-OH is 1. The molecule has 2 rings (SSSR count). The number of hydrogen-bond acceptors (Lipinski definition) is 4. The topological polar surface area (TPSA) is 61.8 Å². The van der Waals surface area contributed by atoms with E-state index in [-0.39, 0.29) is 24.2 Å². The van der Waals surface area contributed by atoms with Gasteiger partial charge in [-0.15, -0.1) is 0 Å². The first kappa shape index (κ1) is 18.7. The number of aliphatic hydroxyl groups is 1. The van der Waals surface area contributed by atoms with E-state index in [4.69, 9.17) is 4.74 Å². The fraction of sp³-hybridized carbons (Fsp3) is 0.944. The van der Waals surface area contributed by atoms with Gasteiger partial charge in [0, 0.05) is 31.8 Å². The fourth-order valence-corrected chi connectivity index (χ4v) is 3.69. The molecule has 5 heteroatoms. The van der Waals surface area contributed by atoms with Crippen LogP contribution < -0.4 is 5.32 Å². The molecule has 0 bridgehead atoms. The van der Waals surface area contributed by atoms with E-state index in [2.05, 4.69) is 17.1 Å². The standard InChI is InChI=1S/C18H34N2O3/c1-3-4-13-23-14(2)18(22)19-15-9-11-20(12-10-15)16-7-5-6-8-17(16)21/h14-17,21H,3-13H2,1-2H3,(H,19,22). The molecule has 3 unspecified atom stereocenters. The van der Waals surface area contributed by atoms with Crippen molar-refractivity contribution < 1.29 is 14.6 Å². The number of amides is 1. The van der Waals surface area contributed by atoms with E-state index in [0.29, 0.717) is 12.6 Å². The van der Waals surface area contributed by atoms with Crippen molar-refractivity contribution in [1.29, 1.82) is 0 Å². The third-order valence-corrected chi connectivity index (χ3v) is 5.27. The molecular formula is C18H34N2O3. The molecule has 1 heterocycles. The van der Waals surface area contributed by atoms with Crippen molar-refractivity contribution in [3.8, 4) is 0 Å². The summed E-state index contributed by atoms with van der Waals surface area (Å²) in [5.74, 6) is 0.0113. The Balaban J connectivity index is 1.68. The lowest BCUT2D eigenvalue weighted by Crippen LogP contribution is -2.53. The number of carbonyl (C=O) groups excluding carboxylic acids is 1. The van der Waals surface area contributed by atoms with Crippen molar-refractivity contribution in [3.63, 3.8) is 0 Å². The zero-order chi connectivity index (χ0) is 16.7. The Hall–Kier alpha value is -0.650. The van der Waals surface area contributed by atoms with Gasteiger partial charge in [-0.25, -0.2) is 0 Å². The van der Waals surface area contributed by atoms with Gasteiger partial charge in [0.15, 0.2) is 0 Å². The average Bonchev–Trinajstić information content (AvgIpc) is 2.56. The number of nitrogens with one attached hydrogen (secondary N) is 1. The summed E-state index contributed by atoms with van der Waals surface area (Å²) < 4.78 is 5.56. The number of nitrogens with zero attached hydrogens (tertiary/aromatic N) is 1. The van der Waals surface area contributed by atoms with Crippen molar-refractivity contribution in [2.45, 2.75) is 89.5 Å². The van der Waals surface area contributed by atoms with Gasteiger partial charge in [0.25, 0.3) is 0 Å². The van der Waals surface area contributed by atoms with E-state index in [0.717, 1.165) is 58.0 Å². The molecule has 1 aliphatic carbocycles. The molecule has 23 heavy (non-hydrogen) atoms. The summed E-state index contributed by atoms with van der Waals surface area (Å²) in [5.41, 5.74) is 0. The molecule has 0 aromatic rings. The first-order valence-corrected chi connectivity index (χ1v) is 9.46. The molecule has 1 saturated carbocycles.